The number of phenols is 2. The maximum absolute atomic E-state index is 14.3. The highest BCUT2D eigenvalue weighted by Gasteiger charge is 2.33. The minimum absolute atomic E-state index is 0.00604. The van der Waals surface area contributed by atoms with E-state index in [4.69, 9.17) is 47.4 Å². The highest BCUT2D eigenvalue weighted by atomic mass is 16.5. The third-order valence-electron chi connectivity index (χ3n) is 22.7. The second-order valence-corrected chi connectivity index (χ2v) is 32.3. The smallest absolute Gasteiger partial charge is 0.339 e. The van der Waals surface area contributed by atoms with Gasteiger partial charge in [-0.05, 0) is 131 Å². The van der Waals surface area contributed by atoms with Gasteiger partial charge in [0.2, 0.25) is 0 Å². The van der Waals surface area contributed by atoms with Crippen molar-refractivity contribution >= 4 is 28.9 Å². The Kier molecular flexibility index (Phi) is 33.5. The number of carbonyl (C=O) groups excluding carboxylic acids is 2. The number of hydrogen-bond acceptors (Lipinski definition) is 19. The molecule has 16 rings (SSSR count). The van der Waals surface area contributed by atoms with Crippen LogP contribution in [0.25, 0.3) is 11.1 Å². The van der Waals surface area contributed by atoms with Gasteiger partial charge >= 0.3 is 5.97 Å². The van der Waals surface area contributed by atoms with Gasteiger partial charge in [-0.3, -0.25) is 24.3 Å². The van der Waals surface area contributed by atoms with Crippen molar-refractivity contribution in [1.82, 2.24) is 29.8 Å². The van der Waals surface area contributed by atoms with Crippen molar-refractivity contribution in [1.29, 1.82) is 0 Å². The molecular formula is C103H118N6O16. The molecule has 0 spiro atoms. The topological polar surface area (TPSA) is 232 Å². The second kappa shape index (κ2) is 46.1. The van der Waals surface area contributed by atoms with Crippen LogP contribution in [-0.2, 0) is 79.9 Å². The minimum Gasteiger partial charge on any atom is -0.508 e. The van der Waals surface area contributed by atoms with Crippen molar-refractivity contribution < 1.29 is 77.1 Å². The monoisotopic (exact) mass is 1690 g/mol. The molecule has 656 valence electrons. The van der Waals surface area contributed by atoms with Gasteiger partial charge in [0.25, 0.3) is 11.8 Å². The van der Waals surface area contributed by atoms with Crippen LogP contribution in [-0.4, -0.2) is 176 Å². The van der Waals surface area contributed by atoms with E-state index in [0.717, 1.165) is 216 Å². The standard InChI is InChI=1S/C39H42N2O5.C25H32N2O5.C24H22O4.C15H22N2O2/c1-29(2)33-23-34(38(46-28-31-13-7-4-8-14-31)24-37(33)45-27-30-11-5-3-6-12-30)39(42)41-25-32-15-9-16-36(35(32)26-41)44-20-10-17-40-18-21-43-22-19-40;1-17(2)19-13-20(23(29)14-22(19)28)25(30)27-15-18-5-3-6-24(21(18)16-27)32-10-4-7-26-8-11-31-12-9-26;1-17(2)20-13-21(24(25)26)23(28-16-19-11-7-4-8-12-19)14-22(20)27-15-18-9-5-3-6-10-18;1-3-13-11-16-12-14(13)15(4-1)19-8-2-5-17-6-9-18-10-7-17/h3-9,11-16,23-24H,1,10,17-22,25-28H2,2H3;3,5-6,13-14,17,28-29H,4,7-12,15-16H2,1-2H3;3-14H,1,15-16H2,2H3,(H,25,26);1,3-4,16H,2,5-12H2. The van der Waals surface area contributed by atoms with Gasteiger partial charge in [0.05, 0.1) is 83.7 Å². The molecule has 10 aromatic rings. The number of ether oxygens (including phenoxy) is 10. The quantitative estimate of drug-likeness (QED) is 0.0280. The van der Waals surface area contributed by atoms with Crippen molar-refractivity contribution in [3.8, 4) is 51.7 Å². The van der Waals surface area contributed by atoms with Crippen LogP contribution in [0.5, 0.6) is 51.7 Å². The molecule has 3 fully saturated rings. The van der Waals surface area contributed by atoms with Gasteiger partial charge in [-0.1, -0.05) is 185 Å². The number of hydrogen-bond donors (Lipinski definition) is 4. The van der Waals surface area contributed by atoms with Crippen LogP contribution in [0.4, 0.5) is 0 Å². The van der Waals surface area contributed by atoms with Crippen LogP contribution < -0.4 is 38.5 Å². The number of nitrogens with one attached hydrogen (secondary N) is 1. The molecule has 2 amide bonds. The first-order valence-corrected chi connectivity index (χ1v) is 43.5. The number of carbonyl (C=O) groups is 3. The normalized spacial score (nSPS) is 14.8. The summed E-state index contributed by atoms with van der Waals surface area (Å²) in [4.78, 5) is 50.0. The van der Waals surface area contributed by atoms with Gasteiger partial charge in [-0.2, -0.15) is 0 Å². The molecule has 0 saturated carbocycles. The Hall–Kier alpha value is -12.0. The average Bonchev–Trinajstić information content (AvgIpc) is 1.65. The van der Waals surface area contributed by atoms with Gasteiger partial charge in [-0.25, -0.2) is 4.79 Å². The summed E-state index contributed by atoms with van der Waals surface area (Å²) in [5, 5.41) is 33.4. The number of carboxylic acids is 1. The Morgan fingerprint density at radius 2 is 0.728 bits per heavy atom. The Balaban J connectivity index is 0.000000150. The van der Waals surface area contributed by atoms with Crippen molar-refractivity contribution in [2.45, 2.75) is 119 Å². The van der Waals surface area contributed by atoms with E-state index in [1.165, 1.54) is 17.2 Å². The zero-order valence-corrected chi connectivity index (χ0v) is 72.5. The summed E-state index contributed by atoms with van der Waals surface area (Å²) in [5.74, 6) is 3.09. The number of rotatable bonds is 33. The van der Waals surface area contributed by atoms with Gasteiger partial charge in [0.15, 0.2) is 0 Å². The van der Waals surface area contributed by atoms with Crippen LogP contribution in [0.2, 0.25) is 0 Å². The van der Waals surface area contributed by atoms with Crippen molar-refractivity contribution in [2.75, 3.05) is 118 Å². The van der Waals surface area contributed by atoms with E-state index in [1.54, 1.807) is 23.1 Å². The third kappa shape index (κ3) is 25.8. The molecule has 10 aromatic carbocycles. The molecule has 0 bridgehead atoms. The van der Waals surface area contributed by atoms with Crippen LogP contribution in [0.1, 0.15) is 156 Å². The lowest BCUT2D eigenvalue weighted by Crippen LogP contribution is -2.37. The van der Waals surface area contributed by atoms with Gasteiger partial charge in [0.1, 0.15) is 83.7 Å². The van der Waals surface area contributed by atoms with Crippen LogP contribution in [0, 0.1) is 0 Å². The van der Waals surface area contributed by atoms with Crippen LogP contribution in [0.3, 0.4) is 0 Å². The molecule has 0 radical (unpaired) electrons. The van der Waals surface area contributed by atoms with E-state index in [9.17, 15) is 29.7 Å². The maximum Gasteiger partial charge on any atom is 0.339 e. The summed E-state index contributed by atoms with van der Waals surface area (Å²) in [7, 11) is 0. The van der Waals surface area contributed by atoms with E-state index < -0.39 is 5.97 Å². The average molecular weight is 1700 g/mol. The van der Waals surface area contributed by atoms with E-state index >= 15 is 0 Å². The SMILES string of the molecule is C=C(C)c1cc(C(=O)N2Cc3cccc(OCCCN4CCOCC4)c3C2)c(OCc2ccccc2)cc1OCc1ccccc1.C=C(C)c1cc(C(=O)O)c(OCc2ccccc2)cc1OCc1ccccc1.CC(C)c1cc(C(=O)N2Cc3cccc(OCCCN4CCOCC4)c3C2)c(O)cc1O.c1cc2c(c(OCCCN3CCOCC3)c1)CNC2. The number of phenolic OH excluding ortho intramolecular Hbond substituents is 2. The number of nitrogens with zero attached hydrogens (tertiary/aromatic N) is 5. The molecule has 22 nitrogen and oxygen atoms in total. The number of benzene rings is 10. The largest absolute Gasteiger partial charge is 0.508 e. The fraction of sp³-hybridized carbons (Fsp3) is 0.350. The van der Waals surface area contributed by atoms with Crippen molar-refractivity contribution in [3.05, 3.63) is 314 Å². The molecule has 0 atom stereocenters. The van der Waals surface area contributed by atoms with E-state index in [0.29, 0.717) is 93.2 Å². The van der Waals surface area contributed by atoms with Crippen molar-refractivity contribution in [2.24, 2.45) is 0 Å². The minimum atomic E-state index is -1.06. The Bertz CT molecular complexity index is 5130. The number of carboxylic acid groups (broad SMARTS) is 1. The molecule has 0 aliphatic carbocycles. The first kappa shape index (κ1) is 90.7. The molecule has 0 unspecified atom stereocenters. The number of aromatic hydroxyl groups is 2. The predicted molar refractivity (Wildman–Crippen MR) is 485 cm³/mol. The highest BCUT2D eigenvalue weighted by Crippen LogP contribution is 2.41. The maximum atomic E-state index is 14.3. The van der Waals surface area contributed by atoms with E-state index in [1.807, 2.05) is 196 Å². The molecule has 22 heteroatoms. The molecule has 6 heterocycles. The second-order valence-electron chi connectivity index (χ2n) is 32.3. The lowest BCUT2D eigenvalue weighted by Gasteiger charge is -2.26. The number of aromatic carboxylic acids is 1. The number of morpholine rings is 3. The summed E-state index contributed by atoms with van der Waals surface area (Å²) in [6.45, 7) is 37.0. The Morgan fingerprint density at radius 3 is 1.10 bits per heavy atom. The fourth-order valence-corrected chi connectivity index (χ4v) is 15.8. The molecule has 6 aliphatic rings. The zero-order chi connectivity index (χ0) is 87.2. The summed E-state index contributed by atoms with van der Waals surface area (Å²) in [5.41, 5.74) is 15.4. The zero-order valence-electron chi connectivity index (χ0n) is 72.5. The summed E-state index contributed by atoms with van der Waals surface area (Å²) in [6, 6.07) is 67.5. The number of amides is 2. The van der Waals surface area contributed by atoms with E-state index in [2.05, 4.69) is 57.4 Å². The van der Waals surface area contributed by atoms with Crippen molar-refractivity contribution in [3.63, 3.8) is 0 Å². The van der Waals surface area contributed by atoms with Crippen LogP contribution in [0.15, 0.2) is 225 Å². The summed E-state index contributed by atoms with van der Waals surface area (Å²) in [6.07, 6.45) is 2.96. The first-order chi connectivity index (χ1) is 61.0. The lowest BCUT2D eigenvalue weighted by atomic mass is 9.98. The summed E-state index contributed by atoms with van der Waals surface area (Å²) < 4.78 is 58.9. The predicted octanol–water partition coefficient (Wildman–Crippen LogP) is 17.6. The Morgan fingerprint density at radius 1 is 0.376 bits per heavy atom. The molecular weight excluding hydrogens is 1580 g/mol. The molecule has 6 aliphatic heterocycles. The molecule has 125 heavy (non-hydrogen) atoms. The Labute approximate surface area is 735 Å². The fourth-order valence-electron chi connectivity index (χ4n) is 15.8. The first-order valence-electron chi connectivity index (χ1n) is 43.5. The molecule has 0 aromatic heterocycles. The highest BCUT2D eigenvalue weighted by molar-refractivity contribution is 5.99. The lowest BCUT2D eigenvalue weighted by molar-refractivity contribution is 0.0357. The van der Waals surface area contributed by atoms with Gasteiger partial charge in [0, 0.05) is 131 Å². The van der Waals surface area contributed by atoms with E-state index in [-0.39, 0.29) is 52.7 Å². The van der Waals surface area contributed by atoms with Gasteiger partial charge < -0.3 is 77.8 Å². The number of fused-ring (bicyclic) bond motifs is 3. The molecule has 3 saturated heterocycles. The van der Waals surface area contributed by atoms with Crippen LogP contribution >= 0.6 is 0 Å². The van der Waals surface area contributed by atoms with Gasteiger partial charge in [-0.15, -0.1) is 0 Å². The third-order valence-corrected chi connectivity index (χ3v) is 22.7. The number of allylic oxidation sites excluding steroid dienone is 2. The molecule has 4 N–H and O–H groups in total. The summed E-state index contributed by atoms with van der Waals surface area (Å²) >= 11 is 0.